The molecule has 0 saturated carbocycles. The number of aromatic nitrogens is 2. The Kier molecular flexibility index (Phi) is 2.15. The van der Waals surface area contributed by atoms with E-state index in [1.807, 2.05) is 6.92 Å². The van der Waals surface area contributed by atoms with Gasteiger partial charge in [-0.25, -0.2) is 4.98 Å². The van der Waals surface area contributed by atoms with E-state index in [0.29, 0.717) is 12.3 Å². The van der Waals surface area contributed by atoms with Crippen molar-refractivity contribution in [3.05, 3.63) is 17.2 Å². The number of nitrogens with zero attached hydrogens (tertiary/aromatic N) is 1. The van der Waals surface area contributed by atoms with Gasteiger partial charge >= 0.3 is 0 Å². The van der Waals surface area contributed by atoms with E-state index in [9.17, 15) is 4.79 Å². The van der Waals surface area contributed by atoms with E-state index in [0.717, 1.165) is 30.8 Å². The molecule has 76 valence electrons. The van der Waals surface area contributed by atoms with Crippen LogP contribution in [0.5, 0.6) is 0 Å². The highest BCUT2D eigenvalue weighted by Gasteiger charge is 2.34. The smallest absolute Gasteiger partial charge is 0.170 e. The predicted molar refractivity (Wildman–Crippen MR) is 51.5 cm³/mol. The zero-order chi connectivity index (χ0) is 10.2. The minimum absolute atomic E-state index is 0.0496. The lowest BCUT2D eigenvalue weighted by Gasteiger charge is -2.17. The molecule has 0 radical (unpaired) electrons. The Labute approximate surface area is 82.7 Å². The maximum absolute atomic E-state index is 10.6. The molecule has 1 aromatic heterocycles. The highest BCUT2D eigenvalue weighted by molar-refractivity contribution is 5.73. The van der Waals surface area contributed by atoms with Crippen molar-refractivity contribution < 1.29 is 9.53 Å². The molecule has 0 aromatic carbocycles. The molecule has 0 aliphatic carbocycles. The van der Waals surface area contributed by atoms with Crippen molar-refractivity contribution >= 4 is 6.29 Å². The molecule has 0 spiro atoms. The summed E-state index contributed by atoms with van der Waals surface area (Å²) in [5, 5.41) is 0. The van der Waals surface area contributed by atoms with Gasteiger partial charge in [-0.15, -0.1) is 0 Å². The Morgan fingerprint density at radius 3 is 2.93 bits per heavy atom. The number of rotatable bonds is 2. The lowest BCUT2D eigenvalue weighted by molar-refractivity contribution is 0.111. The van der Waals surface area contributed by atoms with Gasteiger partial charge in [0.25, 0.3) is 0 Å². The number of aromatic amines is 1. The molecule has 0 bridgehead atoms. The van der Waals surface area contributed by atoms with Crippen LogP contribution < -0.4 is 0 Å². The third-order valence-corrected chi connectivity index (χ3v) is 2.82. The summed E-state index contributed by atoms with van der Waals surface area (Å²) in [4.78, 5) is 18.1. The minimum atomic E-state index is -0.0496. The standard InChI is InChI=1S/C10H14N2O2/c1-7-8(5-13)12-9(11-7)10(2)3-4-14-6-10/h5H,3-4,6H2,1-2H3,(H,11,12). The van der Waals surface area contributed by atoms with Crippen LogP contribution >= 0.6 is 0 Å². The first-order chi connectivity index (χ1) is 6.65. The van der Waals surface area contributed by atoms with Crippen LogP contribution in [0.1, 0.15) is 35.4 Å². The molecule has 1 unspecified atom stereocenters. The molecule has 2 rings (SSSR count). The Hall–Kier alpha value is -1.16. The molecule has 1 aromatic rings. The molecule has 14 heavy (non-hydrogen) atoms. The van der Waals surface area contributed by atoms with Gasteiger partial charge in [0.05, 0.1) is 12.0 Å². The average Bonchev–Trinajstić information content (AvgIpc) is 2.73. The number of aryl methyl sites for hydroxylation is 1. The van der Waals surface area contributed by atoms with Gasteiger partial charge < -0.3 is 9.72 Å². The van der Waals surface area contributed by atoms with Crippen molar-refractivity contribution in [1.82, 2.24) is 9.97 Å². The van der Waals surface area contributed by atoms with E-state index in [-0.39, 0.29) is 5.41 Å². The fraction of sp³-hybridized carbons (Fsp3) is 0.600. The number of hydrogen-bond acceptors (Lipinski definition) is 3. The Bertz CT molecular complexity index is 351. The van der Waals surface area contributed by atoms with E-state index in [1.54, 1.807) is 0 Å². The summed E-state index contributed by atoms with van der Waals surface area (Å²) in [6, 6.07) is 0. The van der Waals surface area contributed by atoms with E-state index in [4.69, 9.17) is 4.74 Å². The van der Waals surface area contributed by atoms with Crippen LogP contribution in [-0.2, 0) is 10.2 Å². The first-order valence-corrected chi connectivity index (χ1v) is 4.76. The second kappa shape index (κ2) is 3.20. The van der Waals surface area contributed by atoms with Crippen LogP contribution in [0.4, 0.5) is 0 Å². The summed E-state index contributed by atoms with van der Waals surface area (Å²) >= 11 is 0. The van der Waals surface area contributed by atoms with Gasteiger partial charge in [0, 0.05) is 12.3 Å². The van der Waals surface area contributed by atoms with Gasteiger partial charge in [-0.05, 0) is 13.3 Å². The topological polar surface area (TPSA) is 55.0 Å². The highest BCUT2D eigenvalue weighted by atomic mass is 16.5. The van der Waals surface area contributed by atoms with Crippen molar-refractivity contribution in [3.63, 3.8) is 0 Å². The maximum atomic E-state index is 10.6. The zero-order valence-electron chi connectivity index (χ0n) is 8.46. The third-order valence-electron chi connectivity index (χ3n) is 2.82. The van der Waals surface area contributed by atoms with Crippen LogP contribution in [-0.4, -0.2) is 29.5 Å². The molecule has 2 heterocycles. The summed E-state index contributed by atoms with van der Waals surface area (Å²) in [6.07, 6.45) is 1.74. The predicted octanol–water partition coefficient (Wildman–Crippen LogP) is 1.21. The van der Waals surface area contributed by atoms with Gasteiger partial charge in [-0.2, -0.15) is 0 Å². The maximum Gasteiger partial charge on any atom is 0.170 e. The average molecular weight is 194 g/mol. The van der Waals surface area contributed by atoms with Crippen molar-refractivity contribution in [3.8, 4) is 0 Å². The van der Waals surface area contributed by atoms with E-state index >= 15 is 0 Å². The van der Waals surface area contributed by atoms with Crippen LogP contribution in [0.3, 0.4) is 0 Å². The van der Waals surface area contributed by atoms with Crippen LogP contribution in [0.2, 0.25) is 0 Å². The SMILES string of the molecule is Cc1[nH]c(C2(C)CCOC2)nc1C=O. The number of nitrogens with one attached hydrogen (secondary N) is 1. The summed E-state index contributed by atoms with van der Waals surface area (Å²) in [6.45, 7) is 5.41. The van der Waals surface area contributed by atoms with Crippen molar-refractivity contribution in [2.45, 2.75) is 25.7 Å². The summed E-state index contributed by atoms with van der Waals surface area (Å²) in [5.41, 5.74) is 1.29. The molecule has 0 amide bonds. The normalized spacial score (nSPS) is 26.7. The molecule has 1 atom stereocenters. The number of H-pyrrole nitrogens is 1. The van der Waals surface area contributed by atoms with Gasteiger partial charge in [0.15, 0.2) is 6.29 Å². The minimum Gasteiger partial charge on any atom is -0.380 e. The number of carbonyl (C=O) groups is 1. The third kappa shape index (κ3) is 1.35. The molecule has 4 nitrogen and oxygen atoms in total. The molecule has 1 aliphatic heterocycles. The molecular formula is C10H14N2O2. The van der Waals surface area contributed by atoms with Crippen LogP contribution in [0.15, 0.2) is 0 Å². The lowest BCUT2D eigenvalue weighted by Crippen LogP contribution is -2.23. The monoisotopic (exact) mass is 194 g/mol. The van der Waals surface area contributed by atoms with Gasteiger partial charge in [-0.3, -0.25) is 4.79 Å². The summed E-state index contributed by atoms with van der Waals surface area (Å²) < 4.78 is 5.35. The highest BCUT2D eigenvalue weighted by Crippen LogP contribution is 2.30. The molecular weight excluding hydrogens is 180 g/mol. The fourth-order valence-electron chi connectivity index (χ4n) is 1.73. The fourth-order valence-corrected chi connectivity index (χ4v) is 1.73. The van der Waals surface area contributed by atoms with E-state index < -0.39 is 0 Å². The van der Waals surface area contributed by atoms with Crippen molar-refractivity contribution in [2.75, 3.05) is 13.2 Å². The van der Waals surface area contributed by atoms with Gasteiger partial charge in [0.1, 0.15) is 11.5 Å². The van der Waals surface area contributed by atoms with Gasteiger partial charge in [0.2, 0.25) is 0 Å². The van der Waals surface area contributed by atoms with Crippen LogP contribution in [0.25, 0.3) is 0 Å². The molecule has 1 saturated heterocycles. The largest absolute Gasteiger partial charge is 0.380 e. The van der Waals surface area contributed by atoms with Crippen molar-refractivity contribution in [1.29, 1.82) is 0 Å². The molecule has 4 heteroatoms. The number of aldehydes is 1. The summed E-state index contributed by atoms with van der Waals surface area (Å²) in [7, 11) is 0. The number of imidazole rings is 1. The summed E-state index contributed by atoms with van der Waals surface area (Å²) in [5.74, 6) is 0.870. The van der Waals surface area contributed by atoms with Gasteiger partial charge in [-0.1, -0.05) is 6.92 Å². The second-order valence-electron chi connectivity index (χ2n) is 4.08. The number of carbonyl (C=O) groups excluding carboxylic acids is 1. The Morgan fingerprint density at radius 2 is 2.43 bits per heavy atom. The number of hydrogen-bond donors (Lipinski definition) is 1. The zero-order valence-corrected chi connectivity index (χ0v) is 8.46. The molecule has 1 fully saturated rings. The Morgan fingerprint density at radius 1 is 1.64 bits per heavy atom. The van der Waals surface area contributed by atoms with Crippen LogP contribution in [0, 0.1) is 6.92 Å². The second-order valence-corrected chi connectivity index (χ2v) is 4.08. The molecule has 1 N–H and O–H groups in total. The first-order valence-electron chi connectivity index (χ1n) is 4.76. The van der Waals surface area contributed by atoms with E-state index in [2.05, 4.69) is 16.9 Å². The quantitative estimate of drug-likeness (QED) is 0.720. The van der Waals surface area contributed by atoms with Crippen molar-refractivity contribution in [2.24, 2.45) is 0 Å². The number of ether oxygens (including phenoxy) is 1. The lowest BCUT2D eigenvalue weighted by atomic mass is 9.89. The Balaban J connectivity index is 2.36. The first kappa shape index (κ1) is 9.40. The molecule has 1 aliphatic rings. The van der Waals surface area contributed by atoms with E-state index in [1.165, 1.54) is 0 Å².